The summed E-state index contributed by atoms with van der Waals surface area (Å²) in [4.78, 5) is 13.3. The molecule has 0 aromatic carbocycles. The summed E-state index contributed by atoms with van der Waals surface area (Å²) in [7, 11) is 0. The molecule has 0 radical (unpaired) electrons. The van der Waals surface area contributed by atoms with Gasteiger partial charge in [0, 0.05) is 5.57 Å². The molecule has 406 valence electrons. The van der Waals surface area contributed by atoms with Gasteiger partial charge in [-0.05, 0) is 110 Å². The van der Waals surface area contributed by atoms with Crippen LogP contribution in [0.5, 0.6) is 0 Å². The number of aliphatic hydroxyl groups excluding tert-OH is 11. The second-order valence-electron chi connectivity index (χ2n) is 24.7. The molecular formula is C52H84O19. The number of ether oxygens (including phenoxy) is 7. The highest BCUT2D eigenvalue weighted by atomic mass is 16.7. The maximum Gasteiger partial charge on any atom is 0.333 e. The van der Waals surface area contributed by atoms with Crippen molar-refractivity contribution in [1.82, 2.24) is 0 Å². The zero-order valence-electron chi connectivity index (χ0n) is 42.9. The number of rotatable bonds is 11. The summed E-state index contributed by atoms with van der Waals surface area (Å²) >= 11 is 0. The SMILES string of the molecule is C/C=C(\C)C(=O)O[C@H]1CC(C)(C)C[C@H]2C3=CCC4[C@@]5(C)CC[C@H](O[C@@H]6O[C@H](CO[C@@H]7O[C@H](CO[C@@H]8OC[C@@H](O)[C@H](O)[C@H]8O)[C@@H](O)[C@H](O)[C@H]7O)[C@@H](O)[C@H](O)[C@H]6O)C(C)(C)C5CC[C@@]4(C)[C@]3(C)C[C@H](O)[C@@]12CO. The Morgan fingerprint density at radius 2 is 1.30 bits per heavy atom. The summed E-state index contributed by atoms with van der Waals surface area (Å²) in [6.07, 6.45) is -14.2. The highest BCUT2D eigenvalue weighted by Crippen LogP contribution is 2.76. The van der Waals surface area contributed by atoms with Gasteiger partial charge in [0.15, 0.2) is 18.9 Å². The lowest BCUT2D eigenvalue weighted by Crippen LogP contribution is -2.69. The number of carbonyl (C=O) groups is 1. The number of esters is 1. The zero-order chi connectivity index (χ0) is 52.1. The standard InChI is InChI=1S/C52H84O19/c1-10-24(2)43(64)70-34-19-47(3,4)17-26-25-11-12-31-49(7)15-14-33(48(5,6)30(49)13-16-50(31,8)51(25,9)18-32(55)52(26,34)23-53)71-46-42(63)39(60)37(58)29(69-46)22-67-45-41(62)38(59)36(57)28(68-45)21-66-44-40(61)35(56)27(54)20-65-44/h10-11,26-42,44-46,53-63H,12-23H2,1-9H3/b24-10+/t26-,27+,28+,29+,30?,31?,32-,33-,34-,35-,36+,37+,38-,39-,40+,41+,42+,44-,45+,46-,49-,50+,51+,52-/m0/s1. The van der Waals surface area contributed by atoms with E-state index in [1.807, 2.05) is 0 Å². The van der Waals surface area contributed by atoms with Crippen molar-refractivity contribution < 1.29 is 94.1 Å². The molecular weight excluding hydrogens is 929 g/mol. The monoisotopic (exact) mass is 1010 g/mol. The van der Waals surface area contributed by atoms with Crippen LogP contribution < -0.4 is 0 Å². The fraction of sp³-hybridized carbons (Fsp3) is 0.904. The summed E-state index contributed by atoms with van der Waals surface area (Å²) in [5.41, 5.74) is -0.849. The van der Waals surface area contributed by atoms with E-state index in [2.05, 4.69) is 54.5 Å². The minimum atomic E-state index is -1.79. The maximum absolute atomic E-state index is 13.3. The fourth-order valence-electron chi connectivity index (χ4n) is 15.4. The smallest absolute Gasteiger partial charge is 0.333 e. The third-order valence-corrected chi connectivity index (χ3v) is 20.0. The lowest BCUT2D eigenvalue weighted by Gasteiger charge is -2.72. The summed E-state index contributed by atoms with van der Waals surface area (Å²) in [6.45, 7) is 17.6. The summed E-state index contributed by atoms with van der Waals surface area (Å²) in [5.74, 6) is -0.275. The van der Waals surface area contributed by atoms with E-state index in [-0.39, 0.29) is 47.2 Å². The van der Waals surface area contributed by atoms with Crippen LogP contribution >= 0.6 is 0 Å². The average Bonchev–Trinajstić information content (AvgIpc) is 3.30. The predicted octanol–water partition coefficient (Wildman–Crippen LogP) is 0.712. The van der Waals surface area contributed by atoms with E-state index in [0.717, 1.165) is 32.1 Å². The highest BCUT2D eigenvalue weighted by molar-refractivity contribution is 5.87. The van der Waals surface area contributed by atoms with Crippen molar-refractivity contribution in [2.75, 3.05) is 26.4 Å². The van der Waals surface area contributed by atoms with Crippen molar-refractivity contribution in [3.63, 3.8) is 0 Å². The average molecular weight is 1010 g/mol. The third-order valence-electron chi connectivity index (χ3n) is 20.0. The molecule has 0 spiro atoms. The second-order valence-corrected chi connectivity index (χ2v) is 24.7. The Hall–Kier alpha value is -1.73. The largest absolute Gasteiger partial charge is 0.458 e. The van der Waals surface area contributed by atoms with Crippen molar-refractivity contribution in [3.05, 3.63) is 23.3 Å². The zero-order valence-corrected chi connectivity index (χ0v) is 42.9. The van der Waals surface area contributed by atoms with Gasteiger partial charge in [-0.2, -0.15) is 0 Å². The molecule has 2 unspecified atom stereocenters. The van der Waals surface area contributed by atoms with Crippen LogP contribution in [0.25, 0.3) is 0 Å². The first-order chi connectivity index (χ1) is 33.1. The van der Waals surface area contributed by atoms with Crippen LogP contribution in [0, 0.1) is 50.2 Å². The Balaban J connectivity index is 0.958. The molecule has 4 saturated carbocycles. The number of hydrogen-bond donors (Lipinski definition) is 11. The topological polar surface area (TPSA) is 304 Å². The van der Waals surface area contributed by atoms with Crippen LogP contribution in [0.2, 0.25) is 0 Å². The van der Waals surface area contributed by atoms with E-state index in [4.69, 9.17) is 33.2 Å². The lowest BCUT2D eigenvalue weighted by atomic mass is 9.33. The van der Waals surface area contributed by atoms with E-state index < -0.39 is 140 Å². The Bertz CT molecular complexity index is 1980. The molecule has 0 bridgehead atoms. The summed E-state index contributed by atoms with van der Waals surface area (Å²) < 4.78 is 41.4. The second kappa shape index (κ2) is 20.0. The van der Waals surface area contributed by atoms with Crippen LogP contribution in [0.4, 0.5) is 0 Å². The van der Waals surface area contributed by atoms with Crippen molar-refractivity contribution in [1.29, 1.82) is 0 Å². The fourth-order valence-corrected chi connectivity index (χ4v) is 15.4. The van der Waals surface area contributed by atoms with Gasteiger partial charge in [0.25, 0.3) is 0 Å². The van der Waals surface area contributed by atoms with Crippen LogP contribution in [0.15, 0.2) is 23.3 Å². The van der Waals surface area contributed by atoms with E-state index >= 15 is 0 Å². The molecule has 5 aliphatic carbocycles. The van der Waals surface area contributed by atoms with Gasteiger partial charge in [-0.15, -0.1) is 0 Å². The van der Waals surface area contributed by atoms with Gasteiger partial charge in [-0.3, -0.25) is 0 Å². The highest BCUT2D eigenvalue weighted by Gasteiger charge is 2.72. The van der Waals surface area contributed by atoms with E-state index in [9.17, 15) is 61.0 Å². The summed E-state index contributed by atoms with van der Waals surface area (Å²) in [5, 5.41) is 120. The quantitative estimate of drug-likeness (QED) is 0.0588. The molecule has 3 saturated heterocycles. The molecule has 8 rings (SSSR count). The first kappa shape index (κ1) is 55.5. The maximum atomic E-state index is 13.3. The lowest BCUT2D eigenvalue weighted by molar-refractivity contribution is -0.348. The Morgan fingerprint density at radius 1 is 0.704 bits per heavy atom. The minimum Gasteiger partial charge on any atom is -0.458 e. The normalized spacial score (nSPS) is 51.7. The third kappa shape index (κ3) is 9.12. The summed E-state index contributed by atoms with van der Waals surface area (Å²) in [6, 6.07) is 0. The molecule has 0 aromatic heterocycles. The molecule has 24 atom stereocenters. The molecule has 0 aromatic rings. The van der Waals surface area contributed by atoms with Crippen molar-refractivity contribution in [2.45, 2.75) is 218 Å². The van der Waals surface area contributed by atoms with Gasteiger partial charge in [0.1, 0.15) is 73.2 Å². The van der Waals surface area contributed by atoms with Crippen molar-refractivity contribution in [2.24, 2.45) is 50.2 Å². The Morgan fingerprint density at radius 3 is 1.92 bits per heavy atom. The van der Waals surface area contributed by atoms with Gasteiger partial charge in [0.05, 0.1) is 44.1 Å². The van der Waals surface area contributed by atoms with Crippen molar-refractivity contribution >= 4 is 5.97 Å². The van der Waals surface area contributed by atoms with Crippen LogP contribution in [0.3, 0.4) is 0 Å². The minimum absolute atomic E-state index is 0.145. The van der Waals surface area contributed by atoms with Gasteiger partial charge in [-0.1, -0.05) is 66.2 Å². The molecule has 3 heterocycles. The molecule has 0 amide bonds. The van der Waals surface area contributed by atoms with Gasteiger partial charge in [-0.25, -0.2) is 4.79 Å². The van der Waals surface area contributed by atoms with Crippen LogP contribution in [-0.4, -0.2) is 193 Å². The Labute approximate surface area is 417 Å². The van der Waals surface area contributed by atoms with Gasteiger partial charge >= 0.3 is 5.97 Å². The molecule has 3 aliphatic heterocycles. The molecule has 7 fully saturated rings. The number of allylic oxidation sites excluding steroid dienone is 3. The van der Waals surface area contributed by atoms with E-state index in [1.54, 1.807) is 19.9 Å². The first-order valence-corrected chi connectivity index (χ1v) is 25.9. The van der Waals surface area contributed by atoms with Gasteiger partial charge < -0.3 is 89.3 Å². The number of carbonyl (C=O) groups excluding carboxylic acids is 1. The van der Waals surface area contributed by atoms with Crippen LogP contribution in [-0.2, 0) is 38.0 Å². The van der Waals surface area contributed by atoms with E-state index in [0.29, 0.717) is 24.8 Å². The molecule has 71 heavy (non-hydrogen) atoms. The predicted molar refractivity (Wildman–Crippen MR) is 250 cm³/mol. The molecule has 11 N–H and O–H groups in total. The van der Waals surface area contributed by atoms with Crippen LogP contribution in [0.1, 0.15) is 114 Å². The Kier molecular flexibility index (Phi) is 15.6. The number of aliphatic hydroxyl groups is 11. The molecule has 19 heteroatoms. The first-order valence-electron chi connectivity index (χ1n) is 25.9. The van der Waals surface area contributed by atoms with Crippen molar-refractivity contribution in [3.8, 4) is 0 Å². The number of fused-ring (bicyclic) bond motifs is 7. The molecule has 19 nitrogen and oxygen atoms in total. The van der Waals surface area contributed by atoms with Gasteiger partial charge in [0.2, 0.25) is 0 Å². The molecule has 8 aliphatic rings. The van der Waals surface area contributed by atoms with E-state index in [1.165, 1.54) is 5.57 Å². The number of hydrogen-bond acceptors (Lipinski definition) is 19.